The Balaban J connectivity index is 2.00. The van der Waals surface area contributed by atoms with Crippen molar-refractivity contribution in [2.24, 2.45) is 11.3 Å². The number of nitrogens with zero attached hydrogens (tertiary/aromatic N) is 1. The van der Waals surface area contributed by atoms with Gasteiger partial charge in [0.15, 0.2) is 0 Å². The van der Waals surface area contributed by atoms with Crippen LogP contribution < -0.4 is 5.32 Å². The van der Waals surface area contributed by atoms with Crippen molar-refractivity contribution >= 4 is 5.91 Å². The molecule has 0 radical (unpaired) electrons. The standard InChI is InChI=1S/C17H22N2O/c1-14(9-12-18)17(10-5-6-11-17)13-19-16(20)15-7-3-2-4-8-15/h2-4,7-8,14H,5-6,9-11,13H2,1H3,(H,19,20). The van der Waals surface area contributed by atoms with E-state index in [0.717, 1.165) is 12.8 Å². The monoisotopic (exact) mass is 270 g/mol. The van der Waals surface area contributed by atoms with Gasteiger partial charge in [0.05, 0.1) is 6.07 Å². The third-order valence-corrected chi connectivity index (χ3v) is 4.68. The SMILES string of the molecule is CC(CC#N)C1(CNC(=O)c2ccccc2)CCCC1. The largest absolute Gasteiger partial charge is 0.351 e. The van der Waals surface area contributed by atoms with Crippen LogP contribution in [0.2, 0.25) is 0 Å². The summed E-state index contributed by atoms with van der Waals surface area (Å²) in [5.41, 5.74) is 0.814. The first-order chi connectivity index (χ1) is 9.68. The minimum atomic E-state index is -0.0129. The van der Waals surface area contributed by atoms with E-state index in [2.05, 4.69) is 18.3 Å². The Bertz CT molecular complexity index is 483. The van der Waals surface area contributed by atoms with E-state index in [1.165, 1.54) is 12.8 Å². The summed E-state index contributed by atoms with van der Waals surface area (Å²) >= 11 is 0. The number of carbonyl (C=O) groups excluding carboxylic acids is 1. The number of nitriles is 1. The van der Waals surface area contributed by atoms with Gasteiger partial charge in [0.2, 0.25) is 0 Å². The molecule has 106 valence electrons. The molecule has 0 aromatic heterocycles. The van der Waals surface area contributed by atoms with Crippen molar-refractivity contribution in [3.63, 3.8) is 0 Å². The molecule has 1 unspecified atom stereocenters. The maximum atomic E-state index is 12.1. The summed E-state index contributed by atoms with van der Waals surface area (Å²) in [6.45, 7) is 2.83. The Labute approximate surface area is 121 Å². The van der Waals surface area contributed by atoms with Gasteiger partial charge in [-0.05, 0) is 36.3 Å². The zero-order chi connectivity index (χ0) is 14.4. The molecule has 1 saturated carbocycles. The molecule has 1 aliphatic rings. The Hall–Kier alpha value is -1.82. The van der Waals surface area contributed by atoms with E-state index >= 15 is 0 Å². The smallest absolute Gasteiger partial charge is 0.251 e. The number of carbonyl (C=O) groups is 1. The van der Waals surface area contributed by atoms with E-state index in [-0.39, 0.29) is 11.3 Å². The van der Waals surface area contributed by atoms with Crippen LogP contribution >= 0.6 is 0 Å². The van der Waals surface area contributed by atoms with Crippen molar-refractivity contribution in [1.82, 2.24) is 5.32 Å². The third kappa shape index (κ3) is 3.19. The number of hydrogen-bond donors (Lipinski definition) is 1. The summed E-state index contributed by atoms with van der Waals surface area (Å²) in [7, 11) is 0. The Morgan fingerprint density at radius 1 is 1.35 bits per heavy atom. The van der Waals surface area contributed by atoms with Gasteiger partial charge in [-0.25, -0.2) is 0 Å². The summed E-state index contributed by atoms with van der Waals surface area (Å²) in [4.78, 5) is 12.1. The topological polar surface area (TPSA) is 52.9 Å². The van der Waals surface area contributed by atoms with Gasteiger partial charge in [-0.3, -0.25) is 4.79 Å². The highest BCUT2D eigenvalue weighted by atomic mass is 16.1. The Morgan fingerprint density at radius 2 is 2.00 bits per heavy atom. The summed E-state index contributed by atoms with van der Waals surface area (Å²) in [5, 5.41) is 12.0. The lowest BCUT2D eigenvalue weighted by Crippen LogP contribution is -2.40. The number of amides is 1. The van der Waals surface area contributed by atoms with Crippen molar-refractivity contribution in [2.75, 3.05) is 6.54 Å². The van der Waals surface area contributed by atoms with Gasteiger partial charge in [-0.2, -0.15) is 5.26 Å². The van der Waals surface area contributed by atoms with Crippen LogP contribution in [0.5, 0.6) is 0 Å². The highest BCUT2D eigenvalue weighted by molar-refractivity contribution is 5.94. The van der Waals surface area contributed by atoms with E-state index in [4.69, 9.17) is 5.26 Å². The van der Waals surface area contributed by atoms with Crippen LogP contribution in [0.1, 0.15) is 49.4 Å². The van der Waals surface area contributed by atoms with Gasteiger partial charge in [0.25, 0.3) is 5.91 Å². The summed E-state index contributed by atoms with van der Waals surface area (Å²) in [6.07, 6.45) is 5.21. The highest BCUT2D eigenvalue weighted by Gasteiger charge is 2.38. The summed E-state index contributed by atoms with van der Waals surface area (Å²) < 4.78 is 0. The fourth-order valence-corrected chi connectivity index (χ4v) is 3.22. The second kappa shape index (κ2) is 6.56. The first kappa shape index (κ1) is 14.6. The number of rotatable bonds is 5. The average molecular weight is 270 g/mol. The lowest BCUT2D eigenvalue weighted by atomic mass is 9.73. The first-order valence-electron chi connectivity index (χ1n) is 7.38. The number of hydrogen-bond acceptors (Lipinski definition) is 2. The maximum Gasteiger partial charge on any atom is 0.251 e. The predicted octanol–water partition coefficient (Wildman–Crippen LogP) is 3.53. The first-order valence-corrected chi connectivity index (χ1v) is 7.38. The molecule has 1 aromatic carbocycles. The minimum absolute atomic E-state index is 0.0129. The molecule has 0 bridgehead atoms. The zero-order valence-electron chi connectivity index (χ0n) is 12.1. The summed E-state index contributed by atoms with van der Waals surface area (Å²) in [5.74, 6) is 0.326. The lowest BCUT2D eigenvalue weighted by Gasteiger charge is -2.34. The maximum absolute atomic E-state index is 12.1. The van der Waals surface area contributed by atoms with Crippen LogP contribution in [0.25, 0.3) is 0 Å². The van der Waals surface area contributed by atoms with Crippen molar-refractivity contribution in [3.8, 4) is 6.07 Å². The molecule has 1 amide bonds. The second-order valence-corrected chi connectivity index (χ2v) is 5.88. The molecule has 3 heteroatoms. The van der Waals surface area contributed by atoms with Gasteiger partial charge in [-0.1, -0.05) is 38.0 Å². The minimum Gasteiger partial charge on any atom is -0.351 e. The molecule has 1 aliphatic carbocycles. The van der Waals surface area contributed by atoms with Crippen LogP contribution in [-0.4, -0.2) is 12.5 Å². The van der Waals surface area contributed by atoms with E-state index in [1.54, 1.807) is 0 Å². The normalized spacial score (nSPS) is 18.2. The van der Waals surface area contributed by atoms with Crippen molar-refractivity contribution in [2.45, 2.75) is 39.0 Å². The predicted molar refractivity (Wildman–Crippen MR) is 79.1 cm³/mol. The number of nitrogens with one attached hydrogen (secondary N) is 1. The molecular formula is C17H22N2O. The molecule has 20 heavy (non-hydrogen) atoms. The molecular weight excluding hydrogens is 248 g/mol. The lowest BCUT2D eigenvalue weighted by molar-refractivity contribution is 0.0904. The third-order valence-electron chi connectivity index (χ3n) is 4.68. The molecule has 0 aliphatic heterocycles. The van der Waals surface area contributed by atoms with Gasteiger partial charge in [0, 0.05) is 18.5 Å². The molecule has 3 nitrogen and oxygen atoms in total. The fraction of sp³-hybridized carbons (Fsp3) is 0.529. The van der Waals surface area contributed by atoms with Gasteiger partial charge in [0.1, 0.15) is 0 Å². The molecule has 0 spiro atoms. The van der Waals surface area contributed by atoms with Crippen LogP contribution in [-0.2, 0) is 0 Å². The van der Waals surface area contributed by atoms with Crippen LogP contribution in [0.15, 0.2) is 30.3 Å². The average Bonchev–Trinajstić information content (AvgIpc) is 2.96. The second-order valence-electron chi connectivity index (χ2n) is 5.88. The van der Waals surface area contributed by atoms with Crippen LogP contribution in [0.4, 0.5) is 0 Å². The molecule has 0 heterocycles. The molecule has 1 atom stereocenters. The van der Waals surface area contributed by atoms with Crippen molar-refractivity contribution in [1.29, 1.82) is 5.26 Å². The van der Waals surface area contributed by atoms with E-state index in [9.17, 15) is 4.79 Å². The zero-order valence-corrected chi connectivity index (χ0v) is 12.1. The van der Waals surface area contributed by atoms with Crippen molar-refractivity contribution in [3.05, 3.63) is 35.9 Å². The molecule has 2 rings (SSSR count). The van der Waals surface area contributed by atoms with Gasteiger partial charge in [-0.15, -0.1) is 0 Å². The quantitative estimate of drug-likeness (QED) is 0.890. The van der Waals surface area contributed by atoms with E-state index in [1.807, 2.05) is 30.3 Å². The van der Waals surface area contributed by atoms with Crippen molar-refractivity contribution < 1.29 is 4.79 Å². The molecule has 1 N–H and O–H groups in total. The summed E-state index contributed by atoms with van der Waals surface area (Å²) in [6, 6.07) is 11.6. The molecule has 0 saturated heterocycles. The Morgan fingerprint density at radius 3 is 2.60 bits per heavy atom. The van der Waals surface area contributed by atoms with E-state index in [0.29, 0.717) is 24.4 Å². The fourth-order valence-electron chi connectivity index (χ4n) is 3.22. The Kier molecular flexibility index (Phi) is 4.79. The molecule has 1 fully saturated rings. The van der Waals surface area contributed by atoms with Crippen LogP contribution in [0, 0.1) is 22.7 Å². The highest BCUT2D eigenvalue weighted by Crippen LogP contribution is 2.45. The van der Waals surface area contributed by atoms with Crippen LogP contribution in [0.3, 0.4) is 0 Å². The van der Waals surface area contributed by atoms with Gasteiger partial charge >= 0.3 is 0 Å². The van der Waals surface area contributed by atoms with Gasteiger partial charge < -0.3 is 5.32 Å². The van der Waals surface area contributed by atoms with E-state index < -0.39 is 0 Å². The molecule has 1 aromatic rings. The number of benzene rings is 1.